The van der Waals surface area contributed by atoms with Crippen molar-refractivity contribution in [2.45, 2.75) is 19.9 Å². The van der Waals surface area contributed by atoms with Crippen LogP contribution in [0.15, 0.2) is 48.0 Å². The highest BCUT2D eigenvalue weighted by atomic mass is 16.5. The molecular weight excluding hydrogens is 408 g/mol. The average molecular weight is 439 g/mol. The van der Waals surface area contributed by atoms with E-state index in [1.54, 1.807) is 25.3 Å². The van der Waals surface area contributed by atoms with E-state index in [-0.39, 0.29) is 24.5 Å². The van der Waals surface area contributed by atoms with Gasteiger partial charge in [0.1, 0.15) is 11.5 Å². The van der Waals surface area contributed by atoms with Crippen LogP contribution in [-0.2, 0) is 14.3 Å². The van der Waals surface area contributed by atoms with Crippen LogP contribution in [0.5, 0.6) is 5.75 Å². The molecule has 0 aliphatic carbocycles. The van der Waals surface area contributed by atoms with Crippen LogP contribution in [0.25, 0.3) is 5.76 Å². The van der Waals surface area contributed by atoms with Gasteiger partial charge in [-0.1, -0.05) is 12.1 Å². The van der Waals surface area contributed by atoms with E-state index in [2.05, 4.69) is 0 Å². The molecule has 0 aromatic heterocycles. The zero-order valence-corrected chi connectivity index (χ0v) is 19.2. The fourth-order valence-electron chi connectivity index (χ4n) is 3.87. The molecule has 1 saturated heterocycles. The molecule has 1 heterocycles. The average Bonchev–Trinajstić information content (AvgIpc) is 3.03. The molecule has 7 nitrogen and oxygen atoms in total. The van der Waals surface area contributed by atoms with Crippen molar-refractivity contribution < 1.29 is 24.2 Å². The third kappa shape index (κ3) is 4.48. The minimum absolute atomic E-state index is 0.0762. The molecule has 1 atom stereocenters. The first-order valence-corrected chi connectivity index (χ1v) is 10.6. The normalized spacial score (nSPS) is 17.7. The second-order valence-corrected chi connectivity index (χ2v) is 7.88. The summed E-state index contributed by atoms with van der Waals surface area (Å²) in [5, 5.41) is 11.2. The minimum Gasteiger partial charge on any atom is -0.507 e. The molecule has 0 spiro atoms. The van der Waals surface area contributed by atoms with Crippen molar-refractivity contribution in [3.05, 3.63) is 64.7 Å². The standard InChI is InChI=1S/C25H30N2O5/c1-6-32-20-12-9-18(15-16(20)2)23(28)21-22(17-7-10-19(11-8-17)26(3)4)27(13-14-31-5)25(30)24(21)29/h7-12,15,22,28H,6,13-14H2,1-5H3/b23-21-. The third-order valence-corrected chi connectivity index (χ3v) is 5.55. The summed E-state index contributed by atoms with van der Waals surface area (Å²) in [6, 6.07) is 12.1. The van der Waals surface area contributed by atoms with E-state index < -0.39 is 17.7 Å². The molecule has 1 amide bonds. The maximum atomic E-state index is 13.0. The lowest BCUT2D eigenvalue weighted by Gasteiger charge is -2.25. The molecule has 7 heteroatoms. The maximum Gasteiger partial charge on any atom is 0.295 e. The Morgan fingerprint density at radius 2 is 1.81 bits per heavy atom. The van der Waals surface area contributed by atoms with Crippen molar-refractivity contribution >= 4 is 23.1 Å². The lowest BCUT2D eigenvalue weighted by atomic mass is 9.94. The minimum atomic E-state index is -0.702. The van der Waals surface area contributed by atoms with Crippen LogP contribution < -0.4 is 9.64 Å². The fourth-order valence-corrected chi connectivity index (χ4v) is 3.87. The van der Waals surface area contributed by atoms with Crippen LogP contribution in [-0.4, -0.2) is 62.7 Å². The Hall–Kier alpha value is -3.32. The molecule has 1 fully saturated rings. The fraction of sp³-hybridized carbons (Fsp3) is 0.360. The summed E-state index contributed by atoms with van der Waals surface area (Å²) in [7, 11) is 5.42. The topological polar surface area (TPSA) is 79.3 Å². The van der Waals surface area contributed by atoms with Gasteiger partial charge in [0, 0.05) is 39.0 Å². The SMILES string of the molecule is CCOc1ccc(/C(O)=C2/C(=O)C(=O)N(CCOC)C2c2ccc(N(C)C)cc2)cc1C. The number of likely N-dealkylation sites (tertiary alicyclic amines) is 1. The number of rotatable bonds is 8. The number of ether oxygens (including phenoxy) is 2. The Labute approximate surface area is 188 Å². The van der Waals surface area contributed by atoms with Crippen LogP contribution in [0.3, 0.4) is 0 Å². The number of Topliss-reactive ketones (excluding diaryl/α,β-unsaturated/α-hetero) is 1. The van der Waals surface area contributed by atoms with E-state index >= 15 is 0 Å². The van der Waals surface area contributed by atoms with Gasteiger partial charge >= 0.3 is 0 Å². The number of ketones is 1. The zero-order chi connectivity index (χ0) is 23.4. The Morgan fingerprint density at radius 3 is 2.38 bits per heavy atom. The summed E-state index contributed by atoms with van der Waals surface area (Å²) in [6.45, 7) is 4.81. The van der Waals surface area contributed by atoms with E-state index in [0.717, 1.165) is 16.8 Å². The van der Waals surface area contributed by atoms with Gasteiger partial charge in [0.2, 0.25) is 0 Å². The molecular formula is C25H30N2O5. The number of amides is 1. The van der Waals surface area contributed by atoms with Gasteiger partial charge < -0.3 is 24.4 Å². The van der Waals surface area contributed by atoms with Gasteiger partial charge in [-0.3, -0.25) is 9.59 Å². The number of carbonyl (C=O) groups excluding carboxylic acids is 2. The predicted octanol–water partition coefficient (Wildman–Crippen LogP) is 3.53. The van der Waals surface area contributed by atoms with Gasteiger partial charge in [0.25, 0.3) is 11.7 Å². The van der Waals surface area contributed by atoms with Gasteiger partial charge in [-0.25, -0.2) is 0 Å². The second-order valence-electron chi connectivity index (χ2n) is 7.88. The highest BCUT2D eigenvalue weighted by Gasteiger charge is 2.45. The molecule has 1 aliphatic heterocycles. The van der Waals surface area contributed by atoms with Crippen molar-refractivity contribution in [2.24, 2.45) is 0 Å². The first-order chi connectivity index (χ1) is 15.3. The van der Waals surface area contributed by atoms with E-state index in [4.69, 9.17) is 9.47 Å². The van der Waals surface area contributed by atoms with Crippen molar-refractivity contribution in [3.8, 4) is 5.75 Å². The number of aliphatic hydroxyl groups is 1. The Morgan fingerprint density at radius 1 is 1.12 bits per heavy atom. The quantitative estimate of drug-likeness (QED) is 0.386. The second kappa shape index (κ2) is 9.87. The number of hydrogen-bond acceptors (Lipinski definition) is 6. The van der Waals surface area contributed by atoms with Crippen molar-refractivity contribution in [3.63, 3.8) is 0 Å². The molecule has 1 unspecified atom stereocenters. The number of nitrogens with zero attached hydrogens (tertiary/aromatic N) is 2. The number of aliphatic hydroxyl groups excluding tert-OH is 1. The summed E-state index contributed by atoms with van der Waals surface area (Å²) in [4.78, 5) is 29.3. The molecule has 3 rings (SSSR count). The summed E-state index contributed by atoms with van der Waals surface area (Å²) < 4.78 is 10.7. The van der Waals surface area contributed by atoms with Crippen LogP contribution in [0.2, 0.25) is 0 Å². The first kappa shape index (κ1) is 23.3. The van der Waals surface area contributed by atoms with Crippen LogP contribution >= 0.6 is 0 Å². The molecule has 32 heavy (non-hydrogen) atoms. The van der Waals surface area contributed by atoms with Crippen LogP contribution in [0.1, 0.15) is 29.7 Å². The van der Waals surface area contributed by atoms with Gasteiger partial charge in [-0.2, -0.15) is 0 Å². The number of benzene rings is 2. The van der Waals surface area contributed by atoms with Crippen molar-refractivity contribution in [1.82, 2.24) is 4.90 Å². The highest BCUT2D eigenvalue weighted by molar-refractivity contribution is 6.46. The summed E-state index contributed by atoms with van der Waals surface area (Å²) in [5.41, 5.74) is 3.11. The van der Waals surface area contributed by atoms with Gasteiger partial charge in [0.15, 0.2) is 0 Å². The molecule has 170 valence electrons. The van der Waals surface area contributed by atoms with Crippen molar-refractivity contribution in [2.75, 3.05) is 45.9 Å². The number of aryl methyl sites for hydroxylation is 1. The number of anilines is 1. The zero-order valence-electron chi connectivity index (χ0n) is 19.2. The molecule has 1 aliphatic rings. The number of methoxy groups -OCH3 is 1. The molecule has 0 saturated carbocycles. The van der Waals surface area contributed by atoms with E-state index in [9.17, 15) is 14.7 Å². The summed E-state index contributed by atoms with van der Waals surface area (Å²) in [6.07, 6.45) is 0. The first-order valence-electron chi connectivity index (χ1n) is 10.6. The molecule has 1 N–H and O–H groups in total. The number of carbonyl (C=O) groups is 2. The summed E-state index contributed by atoms with van der Waals surface area (Å²) in [5.74, 6) is -0.837. The molecule has 0 bridgehead atoms. The van der Waals surface area contributed by atoms with Crippen LogP contribution in [0, 0.1) is 6.92 Å². The van der Waals surface area contributed by atoms with Gasteiger partial charge in [-0.05, 0) is 55.3 Å². The maximum absolute atomic E-state index is 13.0. The molecule has 0 radical (unpaired) electrons. The lowest BCUT2D eigenvalue weighted by Crippen LogP contribution is -2.32. The Balaban J connectivity index is 2.12. The third-order valence-electron chi connectivity index (χ3n) is 5.55. The van der Waals surface area contributed by atoms with E-state index in [1.807, 2.05) is 57.1 Å². The van der Waals surface area contributed by atoms with E-state index in [0.29, 0.717) is 17.9 Å². The monoisotopic (exact) mass is 438 g/mol. The number of hydrogen-bond donors (Lipinski definition) is 1. The Bertz CT molecular complexity index is 1030. The summed E-state index contributed by atoms with van der Waals surface area (Å²) >= 11 is 0. The smallest absolute Gasteiger partial charge is 0.295 e. The lowest BCUT2D eigenvalue weighted by molar-refractivity contribution is -0.140. The van der Waals surface area contributed by atoms with E-state index in [1.165, 1.54) is 4.90 Å². The van der Waals surface area contributed by atoms with Crippen molar-refractivity contribution in [1.29, 1.82) is 0 Å². The molecule has 2 aromatic rings. The Kier molecular flexibility index (Phi) is 7.20. The largest absolute Gasteiger partial charge is 0.507 e. The predicted molar refractivity (Wildman–Crippen MR) is 124 cm³/mol. The highest BCUT2D eigenvalue weighted by Crippen LogP contribution is 2.40. The van der Waals surface area contributed by atoms with Crippen LogP contribution in [0.4, 0.5) is 5.69 Å². The van der Waals surface area contributed by atoms with Gasteiger partial charge in [0.05, 0.1) is 24.8 Å². The molecule has 2 aromatic carbocycles. The van der Waals surface area contributed by atoms with Gasteiger partial charge in [-0.15, -0.1) is 0 Å².